The van der Waals surface area contributed by atoms with E-state index in [1.807, 2.05) is 43.3 Å². The van der Waals surface area contributed by atoms with Crippen molar-refractivity contribution in [3.63, 3.8) is 0 Å². The third kappa shape index (κ3) is 4.19. The van der Waals surface area contributed by atoms with Gasteiger partial charge in [0.15, 0.2) is 0 Å². The van der Waals surface area contributed by atoms with E-state index in [1.54, 1.807) is 0 Å². The number of hydrogen-bond acceptors (Lipinski definition) is 1. The van der Waals surface area contributed by atoms with Gasteiger partial charge in [-0.25, -0.2) is 0 Å². The molecule has 0 saturated heterocycles. The first-order valence-electron chi connectivity index (χ1n) is 7.54. The summed E-state index contributed by atoms with van der Waals surface area (Å²) in [4.78, 5) is 12.2. The van der Waals surface area contributed by atoms with Gasteiger partial charge in [-0.15, -0.1) is 0 Å². The summed E-state index contributed by atoms with van der Waals surface area (Å²) in [7, 11) is 0. The molecule has 110 valence electrons. The predicted molar refractivity (Wildman–Crippen MR) is 88.7 cm³/mol. The average molecular weight is 281 g/mol. The molecule has 0 fully saturated rings. The molecule has 1 atom stereocenters. The molecule has 0 saturated carbocycles. The number of rotatable bonds is 5. The summed E-state index contributed by atoms with van der Waals surface area (Å²) >= 11 is 0. The second-order valence-corrected chi connectivity index (χ2v) is 5.61. The van der Waals surface area contributed by atoms with Crippen molar-refractivity contribution >= 4 is 11.6 Å². The molecule has 0 radical (unpaired) electrons. The van der Waals surface area contributed by atoms with E-state index in [0.29, 0.717) is 12.3 Å². The highest BCUT2D eigenvalue weighted by Crippen LogP contribution is 2.26. The quantitative estimate of drug-likeness (QED) is 0.846. The minimum absolute atomic E-state index is 0.0383. The van der Waals surface area contributed by atoms with Crippen LogP contribution in [0.3, 0.4) is 0 Å². The maximum atomic E-state index is 12.2. The fourth-order valence-corrected chi connectivity index (χ4v) is 2.46. The third-order valence-electron chi connectivity index (χ3n) is 3.83. The van der Waals surface area contributed by atoms with Gasteiger partial charge in [-0.3, -0.25) is 4.79 Å². The smallest absolute Gasteiger partial charge is 0.228 e. The molecule has 2 aromatic rings. The van der Waals surface area contributed by atoms with Crippen LogP contribution in [-0.4, -0.2) is 5.91 Å². The number of amides is 1. The predicted octanol–water partition coefficient (Wildman–Crippen LogP) is 4.69. The molecular formula is C19H23NO. The van der Waals surface area contributed by atoms with Crippen LogP contribution in [-0.2, 0) is 11.2 Å². The van der Waals surface area contributed by atoms with E-state index in [1.165, 1.54) is 11.1 Å². The molecule has 0 spiro atoms. The highest BCUT2D eigenvalue weighted by atomic mass is 16.1. The van der Waals surface area contributed by atoms with Crippen LogP contribution in [0.2, 0.25) is 0 Å². The fraction of sp³-hybridized carbons (Fsp3) is 0.316. The Labute approximate surface area is 127 Å². The molecule has 0 aliphatic heterocycles. The van der Waals surface area contributed by atoms with E-state index in [9.17, 15) is 4.79 Å². The van der Waals surface area contributed by atoms with Crippen LogP contribution in [0.25, 0.3) is 0 Å². The molecule has 2 heteroatoms. The highest BCUT2D eigenvalue weighted by molar-refractivity contribution is 5.93. The van der Waals surface area contributed by atoms with Crippen molar-refractivity contribution in [2.24, 2.45) is 0 Å². The Bertz CT molecular complexity index is 618. The molecule has 0 aromatic heterocycles. The average Bonchev–Trinajstić information content (AvgIpc) is 2.47. The third-order valence-corrected chi connectivity index (χ3v) is 3.83. The summed E-state index contributed by atoms with van der Waals surface area (Å²) in [6.07, 6.45) is 1.47. The zero-order valence-corrected chi connectivity index (χ0v) is 13.0. The first-order chi connectivity index (χ1) is 10.1. The molecule has 0 bridgehead atoms. The molecule has 0 aliphatic carbocycles. The summed E-state index contributed by atoms with van der Waals surface area (Å²) in [6, 6.07) is 16.1. The number of carbonyl (C=O) groups is 1. The molecule has 1 amide bonds. The normalized spacial score (nSPS) is 12.0. The van der Waals surface area contributed by atoms with Crippen molar-refractivity contribution in [1.82, 2.24) is 0 Å². The zero-order chi connectivity index (χ0) is 15.2. The van der Waals surface area contributed by atoms with Crippen molar-refractivity contribution in [2.75, 3.05) is 5.32 Å². The number of nitrogens with one attached hydrogen (secondary N) is 1. The van der Waals surface area contributed by atoms with Gasteiger partial charge in [0.05, 0.1) is 6.42 Å². The van der Waals surface area contributed by atoms with Gasteiger partial charge in [0.25, 0.3) is 0 Å². The Hall–Kier alpha value is -2.09. The minimum Gasteiger partial charge on any atom is -0.326 e. The topological polar surface area (TPSA) is 29.1 Å². The van der Waals surface area contributed by atoms with Crippen LogP contribution in [0.15, 0.2) is 48.5 Å². The molecular weight excluding hydrogens is 258 g/mol. The molecule has 2 aromatic carbocycles. The molecule has 2 rings (SSSR count). The van der Waals surface area contributed by atoms with Crippen molar-refractivity contribution in [2.45, 2.75) is 39.5 Å². The van der Waals surface area contributed by atoms with Crippen LogP contribution in [0.1, 0.15) is 42.9 Å². The standard InChI is InChI=1S/C19H23NO/c1-4-15(3)17-10-5-6-11-18(17)20-19(21)13-16-9-7-8-14(2)12-16/h5-12,15H,4,13H2,1-3H3,(H,20,21)/t15-/m1/s1. The van der Waals surface area contributed by atoms with Crippen LogP contribution in [0.4, 0.5) is 5.69 Å². The number of benzene rings is 2. The Morgan fingerprint density at radius 3 is 2.62 bits per heavy atom. The number of anilines is 1. The molecule has 0 aliphatic rings. The lowest BCUT2D eigenvalue weighted by atomic mass is 9.97. The SMILES string of the molecule is CC[C@@H](C)c1ccccc1NC(=O)Cc1cccc(C)c1. The fourth-order valence-electron chi connectivity index (χ4n) is 2.46. The van der Waals surface area contributed by atoms with E-state index >= 15 is 0 Å². The molecule has 21 heavy (non-hydrogen) atoms. The Morgan fingerprint density at radius 2 is 1.90 bits per heavy atom. The number of hydrogen-bond donors (Lipinski definition) is 1. The van der Waals surface area contributed by atoms with Crippen molar-refractivity contribution < 1.29 is 4.79 Å². The Kier molecular flexibility index (Phi) is 5.15. The van der Waals surface area contributed by atoms with E-state index < -0.39 is 0 Å². The van der Waals surface area contributed by atoms with Crippen LogP contribution in [0, 0.1) is 6.92 Å². The first kappa shape index (κ1) is 15.3. The maximum absolute atomic E-state index is 12.2. The lowest BCUT2D eigenvalue weighted by Crippen LogP contribution is -2.16. The van der Waals surface area contributed by atoms with Gasteiger partial charge >= 0.3 is 0 Å². The second-order valence-electron chi connectivity index (χ2n) is 5.61. The van der Waals surface area contributed by atoms with Crippen LogP contribution >= 0.6 is 0 Å². The first-order valence-corrected chi connectivity index (χ1v) is 7.54. The monoisotopic (exact) mass is 281 g/mol. The lowest BCUT2D eigenvalue weighted by Gasteiger charge is -2.15. The summed E-state index contributed by atoms with van der Waals surface area (Å²) in [5, 5.41) is 3.05. The number of aryl methyl sites for hydroxylation is 1. The Balaban J connectivity index is 2.09. The van der Waals surface area contributed by atoms with E-state index in [-0.39, 0.29) is 5.91 Å². The van der Waals surface area contributed by atoms with Crippen LogP contribution in [0.5, 0.6) is 0 Å². The highest BCUT2D eigenvalue weighted by Gasteiger charge is 2.11. The van der Waals surface area contributed by atoms with Gasteiger partial charge < -0.3 is 5.32 Å². The van der Waals surface area contributed by atoms with Crippen molar-refractivity contribution in [1.29, 1.82) is 0 Å². The number of carbonyl (C=O) groups excluding carboxylic acids is 1. The number of para-hydroxylation sites is 1. The van der Waals surface area contributed by atoms with Crippen LogP contribution < -0.4 is 5.32 Å². The van der Waals surface area contributed by atoms with Crippen molar-refractivity contribution in [3.8, 4) is 0 Å². The molecule has 1 N–H and O–H groups in total. The van der Waals surface area contributed by atoms with Gasteiger partial charge in [-0.2, -0.15) is 0 Å². The minimum atomic E-state index is 0.0383. The maximum Gasteiger partial charge on any atom is 0.228 e. The zero-order valence-electron chi connectivity index (χ0n) is 13.0. The van der Waals surface area contributed by atoms with Crippen molar-refractivity contribution in [3.05, 3.63) is 65.2 Å². The lowest BCUT2D eigenvalue weighted by molar-refractivity contribution is -0.115. The molecule has 2 nitrogen and oxygen atoms in total. The molecule has 0 heterocycles. The van der Waals surface area contributed by atoms with E-state index in [0.717, 1.165) is 17.7 Å². The Morgan fingerprint density at radius 1 is 1.14 bits per heavy atom. The van der Waals surface area contributed by atoms with Gasteiger partial charge in [0.2, 0.25) is 5.91 Å². The van der Waals surface area contributed by atoms with E-state index in [2.05, 4.69) is 31.3 Å². The summed E-state index contributed by atoms with van der Waals surface area (Å²) in [5.74, 6) is 0.483. The summed E-state index contributed by atoms with van der Waals surface area (Å²) < 4.78 is 0. The van der Waals surface area contributed by atoms with Gasteiger partial charge in [0, 0.05) is 5.69 Å². The second kappa shape index (κ2) is 7.07. The van der Waals surface area contributed by atoms with Gasteiger partial charge in [0.1, 0.15) is 0 Å². The van der Waals surface area contributed by atoms with E-state index in [4.69, 9.17) is 0 Å². The largest absolute Gasteiger partial charge is 0.326 e. The van der Waals surface area contributed by atoms with Gasteiger partial charge in [-0.1, -0.05) is 61.9 Å². The summed E-state index contributed by atoms with van der Waals surface area (Å²) in [5.41, 5.74) is 4.37. The van der Waals surface area contributed by atoms with Gasteiger partial charge in [-0.05, 0) is 36.5 Å². The summed E-state index contributed by atoms with van der Waals surface area (Å²) in [6.45, 7) is 6.39. The molecule has 0 unspecified atom stereocenters.